The summed E-state index contributed by atoms with van der Waals surface area (Å²) in [6, 6.07) is 14.0. The third-order valence-electron chi connectivity index (χ3n) is 5.72. The van der Waals surface area contributed by atoms with E-state index in [9.17, 15) is 19.1 Å². The maximum atomic E-state index is 13.7. The van der Waals surface area contributed by atoms with Gasteiger partial charge in [-0.05, 0) is 73.0 Å². The number of ketones is 1. The van der Waals surface area contributed by atoms with Crippen LogP contribution in [-0.2, 0) is 9.59 Å². The number of nitrogens with zero attached hydrogens (tertiary/aromatic N) is 1. The van der Waals surface area contributed by atoms with Gasteiger partial charge in [0.05, 0.1) is 28.3 Å². The molecule has 1 atom stereocenters. The first kappa shape index (κ1) is 24.8. The summed E-state index contributed by atoms with van der Waals surface area (Å²) in [7, 11) is 0. The first-order chi connectivity index (χ1) is 16.7. The van der Waals surface area contributed by atoms with E-state index >= 15 is 0 Å². The summed E-state index contributed by atoms with van der Waals surface area (Å²) in [6.07, 6.45) is 0.844. The van der Waals surface area contributed by atoms with Crippen molar-refractivity contribution in [3.8, 4) is 5.75 Å². The molecule has 1 aliphatic heterocycles. The van der Waals surface area contributed by atoms with Gasteiger partial charge in [-0.3, -0.25) is 14.5 Å². The zero-order valence-electron chi connectivity index (χ0n) is 19.0. The lowest BCUT2D eigenvalue weighted by Gasteiger charge is -2.25. The molecule has 35 heavy (non-hydrogen) atoms. The highest BCUT2D eigenvalue weighted by Crippen LogP contribution is 2.43. The summed E-state index contributed by atoms with van der Waals surface area (Å²) < 4.78 is 19.4. The minimum absolute atomic E-state index is 0.116. The summed E-state index contributed by atoms with van der Waals surface area (Å²) in [5.41, 5.74) is 1.76. The Morgan fingerprint density at radius 3 is 2.37 bits per heavy atom. The Balaban J connectivity index is 1.88. The number of benzene rings is 3. The Labute approximate surface area is 212 Å². The van der Waals surface area contributed by atoms with Gasteiger partial charge in [0.15, 0.2) is 0 Å². The van der Waals surface area contributed by atoms with Gasteiger partial charge >= 0.3 is 0 Å². The van der Waals surface area contributed by atoms with Crippen molar-refractivity contribution in [1.29, 1.82) is 0 Å². The van der Waals surface area contributed by atoms with E-state index in [1.807, 2.05) is 13.8 Å². The lowest BCUT2D eigenvalue weighted by molar-refractivity contribution is -0.132. The molecule has 8 heteroatoms. The van der Waals surface area contributed by atoms with E-state index in [0.717, 1.165) is 12.0 Å². The fraction of sp³-hybridized carbons (Fsp3) is 0.185. The number of aliphatic hydroxyl groups excluding tert-OH is 1. The van der Waals surface area contributed by atoms with E-state index in [1.165, 1.54) is 41.3 Å². The summed E-state index contributed by atoms with van der Waals surface area (Å²) >= 11 is 12.2. The van der Waals surface area contributed by atoms with E-state index in [0.29, 0.717) is 29.2 Å². The molecule has 1 saturated heterocycles. The number of aliphatic hydroxyl groups is 1. The van der Waals surface area contributed by atoms with E-state index < -0.39 is 23.5 Å². The van der Waals surface area contributed by atoms with Gasteiger partial charge in [0.2, 0.25) is 0 Å². The van der Waals surface area contributed by atoms with E-state index in [2.05, 4.69) is 0 Å². The predicted octanol–water partition coefficient (Wildman–Crippen LogP) is 6.86. The van der Waals surface area contributed by atoms with E-state index in [-0.39, 0.29) is 21.4 Å². The zero-order valence-corrected chi connectivity index (χ0v) is 20.5. The van der Waals surface area contributed by atoms with Crippen LogP contribution in [0.5, 0.6) is 5.75 Å². The molecule has 4 rings (SSSR count). The van der Waals surface area contributed by atoms with Gasteiger partial charge in [-0.15, -0.1) is 0 Å². The molecule has 1 N–H and O–H groups in total. The number of rotatable bonds is 6. The zero-order chi connectivity index (χ0) is 25.3. The highest BCUT2D eigenvalue weighted by atomic mass is 35.5. The highest BCUT2D eigenvalue weighted by molar-refractivity contribution is 6.52. The molecule has 3 aromatic rings. The van der Waals surface area contributed by atoms with Crippen LogP contribution in [0.2, 0.25) is 10.0 Å². The summed E-state index contributed by atoms with van der Waals surface area (Å²) in [5, 5.41) is 11.7. The summed E-state index contributed by atoms with van der Waals surface area (Å²) in [5.74, 6) is -1.87. The predicted molar refractivity (Wildman–Crippen MR) is 135 cm³/mol. The molecule has 1 fully saturated rings. The minimum Gasteiger partial charge on any atom is -0.507 e. The van der Waals surface area contributed by atoms with Crippen LogP contribution in [0.15, 0.2) is 66.2 Å². The topological polar surface area (TPSA) is 66.8 Å². The number of carbonyl (C=O) groups is 2. The van der Waals surface area contributed by atoms with Crippen molar-refractivity contribution in [1.82, 2.24) is 0 Å². The number of Topliss-reactive ketones (excluding diaryl/α,β-unsaturated/α-hetero) is 1. The van der Waals surface area contributed by atoms with Gasteiger partial charge in [0, 0.05) is 11.3 Å². The number of carbonyl (C=O) groups excluding carboxylic acids is 2. The Bertz CT molecular complexity index is 1340. The molecule has 0 saturated carbocycles. The molecule has 0 aliphatic carbocycles. The van der Waals surface area contributed by atoms with Crippen LogP contribution >= 0.6 is 23.2 Å². The van der Waals surface area contributed by atoms with Crippen LogP contribution < -0.4 is 9.64 Å². The van der Waals surface area contributed by atoms with Gasteiger partial charge in [0.1, 0.15) is 17.3 Å². The van der Waals surface area contributed by atoms with Crippen molar-refractivity contribution in [2.24, 2.45) is 0 Å². The Morgan fingerprint density at radius 2 is 1.74 bits per heavy atom. The SMILES string of the molecule is CCCOc1ccc(/C(O)=C2\C(=O)C(=O)N(c3ccc(Cl)c(Cl)c3)C2c2ccc(F)cc2)cc1C. The van der Waals surface area contributed by atoms with Crippen LogP contribution in [0.4, 0.5) is 10.1 Å². The number of hydrogen-bond donors (Lipinski definition) is 1. The fourth-order valence-corrected chi connectivity index (χ4v) is 4.31. The van der Waals surface area contributed by atoms with E-state index in [4.69, 9.17) is 27.9 Å². The molecule has 1 aliphatic rings. The fourth-order valence-electron chi connectivity index (χ4n) is 4.02. The van der Waals surface area contributed by atoms with Crippen LogP contribution in [0.3, 0.4) is 0 Å². The van der Waals surface area contributed by atoms with Crippen LogP contribution in [-0.4, -0.2) is 23.4 Å². The Kier molecular flexibility index (Phi) is 7.15. The second-order valence-electron chi connectivity index (χ2n) is 8.15. The molecule has 0 aromatic heterocycles. The molecule has 1 amide bonds. The normalized spacial score (nSPS) is 17.2. The molecule has 1 heterocycles. The molecule has 180 valence electrons. The largest absolute Gasteiger partial charge is 0.507 e. The number of anilines is 1. The second-order valence-corrected chi connectivity index (χ2v) is 8.96. The van der Waals surface area contributed by atoms with E-state index in [1.54, 1.807) is 24.3 Å². The highest BCUT2D eigenvalue weighted by Gasteiger charge is 2.47. The third kappa shape index (κ3) is 4.77. The average molecular weight is 514 g/mol. The van der Waals surface area contributed by atoms with Crippen molar-refractivity contribution in [3.63, 3.8) is 0 Å². The lowest BCUT2D eigenvalue weighted by Crippen LogP contribution is -2.29. The average Bonchev–Trinajstić information content (AvgIpc) is 3.10. The summed E-state index contributed by atoms with van der Waals surface area (Å²) in [6.45, 7) is 4.37. The maximum Gasteiger partial charge on any atom is 0.300 e. The number of hydrogen-bond acceptors (Lipinski definition) is 4. The quantitative estimate of drug-likeness (QED) is 0.222. The molecular weight excluding hydrogens is 492 g/mol. The van der Waals surface area contributed by atoms with Crippen molar-refractivity contribution < 1.29 is 23.8 Å². The Hall–Kier alpha value is -3.35. The van der Waals surface area contributed by atoms with Gasteiger partial charge in [-0.2, -0.15) is 0 Å². The van der Waals surface area contributed by atoms with Crippen molar-refractivity contribution in [2.45, 2.75) is 26.3 Å². The monoisotopic (exact) mass is 513 g/mol. The van der Waals surface area contributed by atoms with Gasteiger partial charge in [0.25, 0.3) is 11.7 Å². The number of amides is 1. The molecule has 3 aromatic carbocycles. The van der Waals surface area contributed by atoms with Crippen molar-refractivity contribution in [3.05, 3.63) is 98.8 Å². The lowest BCUT2D eigenvalue weighted by atomic mass is 9.94. The van der Waals surface area contributed by atoms with Crippen LogP contribution in [0.1, 0.15) is 36.1 Å². The molecule has 5 nitrogen and oxygen atoms in total. The number of halogens is 3. The van der Waals surface area contributed by atoms with Crippen LogP contribution in [0.25, 0.3) is 5.76 Å². The van der Waals surface area contributed by atoms with Gasteiger partial charge in [-0.1, -0.05) is 42.3 Å². The molecule has 0 radical (unpaired) electrons. The Morgan fingerprint density at radius 1 is 1.03 bits per heavy atom. The van der Waals surface area contributed by atoms with Crippen molar-refractivity contribution in [2.75, 3.05) is 11.5 Å². The number of aryl methyl sites for hydroxylation is 1. The molecule has 1 unspecified atom stereocenters. The first-order valence-electron chi connectivity index (χ1n) is 11.0. The van der Waals surface area contributed by atoms with Crippen LogP contribution in [0, 0.1) is 12.7 Å². The molecular formula is C27H22Cl2FNO4. The van der Waals surface area contributed by atoms with Crippen molar-refractivity contribution >= 4 is 46.3 Å². The minimum atomic E-state index is -1.01. The van der Waals surface area contributed by atoms with Gasteiger partial charge in [-0.25, -0.2) is 4.39 Å². The second kappa shape index (κ2) is 10.1. The molecule has 0 bridgehead atoms. The van der Waals surface area contributed by atoms with Gasteiger partial charge < -0.3 is 9.84 Å². The molecule has 0 spiro atoms. The first-order valence-corrected chi connectivity index (χ1v) is 11.7. The standard InChI is InChI=1S/C27H22Cl2FNO4/c1-3-12-35-22-11-6-17(13-15(22)2)25(32)23-24(16-4-7-18(30)8-5-16)31(27(34)26(23)33)19-9-10-20(28)21(29)14-19/h4-11,13-14,24,32H,3,12H2,1-2H3/b25-23+. The smallest absolute Gasteiger partial charge is 0.300 e. The number of ether oxygens (including phenoxy) is 1. The maximum absolute atomic E-state index is 13.7. The summed E-state index contributed by atoms with van der Waals surface area (Å²) in [4.78, 5) is 27.7. The third-order valence-corrected chi connectivity index (χ3v) is 6.46.